The number of aromatic nitrogens is 2. The van der Waals surface area contributed by atoms with Gasteiger partial charge in [-0.25, -0.2) is 9.97 Å². The Balaban J connectivity index is 2.36. The van der Waals surface area contributed by atoms with E-state index in [1.54, 1.807) is 13.4 Å². The van der Waals surface area contributed by atoms with Gasteiger partial charge in [-0.1, -0.05) is 28.1 Å². The van der Waals surface area contributed by atoms with Gasteiger partial charge in [-0.3, -0.25) is 0 Å². The topological polar surface area (TPSA) is 38.2 Å². The van der Waals surface area contributed by atoms with Crippen molar-refractivity contribution in [2.75, 3.05) is 37.0 Å². The van der Waals surface area contributed by atoms with Crippen molar-refractivity contribution in [1.29, 1.82) is 0 Å². The lowest BCUT2D eigenvalue weighted by Gasteiger charge is -2.23. The first-order valence-corrected chi connectivity index (χ1v) is 6.98. The lowest BCUT2D eigenvalue weighted by Crippen LogP contribution is -2.30. The third-order valence-electron chi connectivity index (χ3n) is 2.74. The number of rotatable bonds is 6. The molecule has 18 heavy (non-hydrogen) atoms. The summed E-state index contributed by atoms with van der Waals surface area (Å²) in [6.45, 7) is 2.40. The Morgan fingerprint density at radius 2 is 2.06 bits per heavy atom. The fourth-order valence-corrected chi connectivity index (χ4v) is 2.30. The first-order valence-electron chi connectivity index (χ1n) is 5.86. The van der Waals surface area contributed by atoms with Gasteiger partial charge in [0.05, 0.1) is 12.1 Å². The van der Waals surface area contributed by atoms with Crippen LogP contribution in [0.4, 0.5) is 5.82 Å². The second-order valence-electron chi connectivity index (χ2n) is 3.88. The van der Waals surface area contributed by atoms with Gasteiger partial charge >= 0.3 is 0 Å². The van der Waals surface area contributed by atoms with Crippen LogP contribution in [0.5, 0.6) is 0 Å². The molecule has 0 spiro atoms. The molecule has 0 bridgehead atoms. The van der Waals surface area contributed by atoms with E-state index in [1.807, 2.05) is 18.2 Å². The molecule has 1 heterocycles. The number of methoxy groups -OCH3 is 1. The molecule has 0 radical (unpaired) electrons. The van der Waals surface area contributed by atoms with Gasteiger partial charge in [0.2, 0.25) is 0 Å². The summed E-state index contributed by atoms with van der Waals surface area (Å²) in [7, 11) is 1.71. The Kier molecular flexibility index (Phi) is 4.90. The number of nitrogens with zero attached hydrogens (tertiary/aromatic N) is 3. The third-order valence-corrected chi connectivity index (χ3v) is 3.10. The SMILES string of the molecule is COCCN(CCBr)c1ncnc2ccccc12. The average Bonchev–Trinajstić information content (AvgIpc) is 2.43. The smallest absolute Gasteiger partial charge is 0.139 e. The molecule has 0 N–H and O–H groups in total. The summed E-state index contributed by atoms with van der Waals surface area (Å²) in [4.78, 5) is 10.9. The second kappa shape index (κ2) is 6.66. The molecule has 1 aromatic heterocycles. The fourth-order valence-electron chi connectivity index (χ4n) is 1.87. The minimum Gasteiger partial charge on any atom is -0.383 e. The molecule has 0 saturated heterocycles. The van der Waals surface area contributed by atoms with Crippen molar-refractivity contribution in [2.45, 2.75) is 0 Å². The molecule has 0 aliphatic rings. The zero-order valence-electron chi connectivity index (χ0n) is 10.3. The lowest BCUT2D eigenvalue weighted by atomic mass is 10.2. The Bertz CT molecular complexity index is 501. The molecular weight excluding hydrogens is 294 g/mol. The molecule has 0 amide bonds. The predicted molar refractivity (Wildman–Crippen MR) is 77.4 cm³/mol. The molecule has 1 aromatic carbocycles. The van der Waals surface area contributed by atoms with Crippen molar-refractivity contribution >= 4 is 32.7 Å². The van der Waals surface area contributed by atoms with Gasteiger partial charge in [0, 0.05) is 30.9 Å². The van der Waals surface area contributed by atoms with Crippen LogP contribution in [-0.4, -0.2) is 42.1 Å². The number of fused-ring (bicyclic) bond motifs is 1. The highest BCUT2D eigenvalue weighted by Gasteiger charge is 2.11. The van der Waals surface area contributed by atoms with Crippen LogP contribution in [0.2, 0.25) is 0 Å². The maximum atomic E-state index is 5.15. The molecule has 2 aromatic rings. The predicted octanol–water partition coefficient (Wildman–Crippen LogP) is 2.48. The highest BCUT2D eigenvalue weighted by atomic mass is 79.9. The number of ether oxygens (including phenoxy) is 1. The summed E-state index contributed by atoms with van der Waals surface area (Å²) in [6.07, 6.45) is 1.62. The van der Waals surface area contributed by atoms with E-state index in [-0.39, 0.29) is 0 Å². The van der Waals surface area contributed by atoms with E-state index in [2.05, 4.69) is 36.9 Å². The Hall–Kier alpha value is -1.20. The van der Waals surface area contributed by atoms with Gasteiger partial charge in [0.25, 0.3) is 0 Å². The molecule has 0 aliphatic carbocycles. The third kappa shape index (κ3) is 2.97. The maximum absolute atomic E-state index is 5.15. The van der Waals surface area contributed by atoms with E-state index in [0.29, 0.717) is 6.61 Å². The van der Waals surface area contributed by atoms with E-state index in [0.717, 1.165) is 35.1 Å². The summed E-state index contributed by atoms with van der Waals surface area (Å²) in [5, 5.41) is 1.98. The maximum Gasteiger partial charge on any atom is 0.139 e. The normalized spacial score (nSPS) is 10.8. The number of halogens is 1. The lowest BCUT2D eigenvalue weighted by molar-refractivity contribution is 0.205. The Morgan fingerprint density at radius 1 is 1.22 bits per heavy atom. The molecule has 5 heteroatoms. The summed E-state index contributed by atoms with van der Waals surface area (Å²) < 4.78 is 5.15. The molecule has 0 aliphatic heterocycles. The quantitative estimate of drug-likeness (QED) is 0.768. The van der Waals surface area contributed by atoms with Gasteiger partial charge < -0.3 is 9.64 Å². The molecular formula is C13H16BrN3O. The minimum absolute atomic E-state index is 0.686. The van der Waals surface area contributed by atoms with Crippen LogP contribution in [0.25, 0.3) is 10.9 Å². The Morgan fingerprint density at radius 3 is 2.83 bits per heavy atom. The van der Waals surface area contributed by atoms with Crippen molar-refractivity contribution in [2.24, 2.45) is 0 Å². The average molecular weight is 310 g/mol. The zero-order chi connectivity index (χ0) is 12.8. The van der Waals surface area contributed by atoms with Crippen LogP contribution >= 0.6 is 15.9 Å². The number of hydrogen-bond acceptors (Lipinski definition) is 4. The van der Waals surface area contributed by atoms with Gasteiger partial charge in [0.1, 0.15) is 12.1 Å². The monoisotopic (exact) mass is 309 g/mol. The second-order valence-corrected chi connectivity index (χ2v) is 4.68. The first-order chi connectivity index (χ1) is 8.86. The van der Waals surface area contributed by atoms with E-state index in [1.165, 1.54) is 0 Å². The van der Waals surface area contributed by atoms with Crippen molar-refractivity contribution in [3.05, 3.63) is 30.6 Å². The van der Waals surface area contributed by atoms with Gasteiger partial charge in [-0.05, 0) is 12.1 Å². The van der Waals surface area contributed by atoms with E-state index in [9.17, 15) is 0 Å². The number of benzene rings is 1. The molecule has 96 valence electrons. The molecule has 0 unspecified atom stereocenters. The molecule has 0 atom stereocenters. The summed E-state index contributed by atoms with van der Waals surface area (Å²) in [5.74, 6) is 0.970. The summed E-state index contributed by atoms with van der Waals surface area (Å²) in [6, 6.07) is 8.06. The fraction of sp³-hybridized carbons (Fsp3) is 0.385. The number of hydrogen-bond donors (Lipinski definition) is 0. The highest BCUT2D eigenvalue weighted by Crippen LogP contribution is 2.22. The van der Waals surface area contributed by atoms with Crippen LogP contribution in [0.3, 0.4) is 0 Å². The highest BCUT2D eigenvalue weighted by molar-refractivity contribution is 9.09. The van der Waals surface area contributed by atoms with Crippen LogP contribution in [0.1, 0.15) is 0 Å². The molecule has 0 fully saturated rings. The van der Waals surface area contributed by atoms with E-state index >= 15 is 0 Å². The van der Waals surface area contributed by atoms with Crippen molar-refractivity contribution in [1.82, 2.24) is 9.97 Å². The molecule has 0 saturated carbocycles. The molecule has 2 rings (SSSR count). The first kappa shape index (κ1) is 13.2. The van der Waals surface area contributed by atoms with E-state index < -0.39 is 0 Å². The van der Waals surface area contributed by atoms with Gasteiger partial charge in [-0.15, -0.1) is 0 Å². The van der Waals surface area contributed by atoms with Gasteiger partial charge in [-0.2, -0.15) is 0 Å². The van der Waals surface area contributed by atoms with Crippen molar-refractivity contribution in [3.8, 4) is 0 Å². The molecule has 4 nitrogen and oxygen atoms in total. The number of alkyl halides is 1. The van der Waals surface area contributed by atoms with Crippen molar-refractivity contribution in [3.63, 3.8) is 0 Å². The number of anilines is 1. The van der Waals surface area contributed by atoms with Gasteiger partial charge in [0.15, 0.2) is 0 Å². The van der Waals surface area contributed by atoms with Crippen LogP contribution in [0.15, 0.2) is 30.6 Å². The number of para-hydroxylation sites is 1. The summed E-state index contributed by atoms with van der Waals surface area (Å²) in [5.41, 5.74) is 0.972. The standard InChI is InChI=1S/C13H16BrN3O/c1-18-9-8-17(7-6-14)13-11-4-2-3-5-12(11)15-10-16-13/h2-5,10H,6-9H2,1H3. The van der Waals surface area contributed by atoms with Crippen LogP contribution in [-0.2, 0) is 4.74 Å². The minimum atomic E-state index is 0.686. The van der Waals surface area contributed by atoms with Crippen LogP contribution < -0.4 is 4.90 Å². The van der Waals surface area contributed by atoms with Crippen molar-refractivity contribution < 1.29 is 4.74 Å². The Labute approximate surface area is 115 Å². The summed E-state index contributed by atoms with van der Waals surface area (Å²) >= 11 is 3.48. The zero-order valence-corrected chi connectivity index (χ0v) is 11.9. The van der Waals surface area contributed by atoms with E-state index in [4.69, 9.17) is 4.74 Å². The van der Waals surface area contributed by atoms with Crippen LogP contribution in [0, 0.1) is 0 Å². The largest absolute Gasteiger partial charge is 0.383 e.